The first-order chi connectivity index (χ1) is 8.66. The number of nitrogens with zero attached hydrogens (tertiary/aromatic N) is 1. The standard InChI is InChI=1S/C13H21N3OS/c1-9-8-18-12(16-9)7-15-11-6-4-2-3-5-10(11)13(14)17/h8,10-11,15H,2-7H2,1H3,(H2,14,17)/t10-,11-/m0/s1. The molecule has 0 unspecified atom stereocenters. The molecule has 1 heterocycles. The van der Waals surface area contributed by atoms with Crippen molar-refractivity contribution in [3.8, 4) is 0 Å². The van der Waals surface area contributed by atoms with E-state index in [-0.39, 0.29) is 17.9 Å². The number of carbonyl (C=O) groups excluding carboxylic acids is 1. The summed E-state index contributed by atoms with van der Waals surface area (Å²) in [5, 5.41) is 6.60. The molecule has 0 saturated heterocycles. The van der Waals surface area contributed by atoms with Crippen LogP contribution in [0.15, 0.2) is 5.38 Å². The van der Waals surface area contributed by atoms with Gasteiger partial charge in [0.2, 0.25) is 5.91 Å². The van der Waals surface area contributed by atoms with Crippen molar-refractivity contribution >= 4 is 17.2 Å². The van der Waals surface area contributed by atoms with Gasteiger partial charge in [0.1, 0.15) is 5.01 Å². The fourth-order valence-electron chi connectivity index (χ4n) is 2.59. The maximum atomic E-state index is 11.5. The van der Waals surface area contributed by atoms with Crippen molar-refractivity contribution < 1.29 is 4.79 Å². The molecule has 3 N–H and O–H groups in total. The third-order valence-corrected chi connectivity index (χ3v) is 4.53. The number of nitrogens with one attached hydrogen (secondary N) is 1. The van der Waals surface area contributed by atoms with E-state index in [4.69, 9.17) is 5.73 Å². The van der Waals surface area contributed by atoms with Crippen molar-refractivity contribution in [3.63, 3.8) is 0 Å². The molecule has 2 rings (SSSR count). The van der Waals surface area contributed by atoms with Gasteiger partial charge in [0.15, 0.2) is 0 Å². The van der Waals surface area contributed by atoms with Gasteiger partial charge in [0.25, 0.3) is 0 Å². The number of aromatic nitrogens is 1. The average molecular weight is 267 g/mol. The summed E-state index contributed by atoms with van der Waals surface area (Å²) < 4.78 is 0. The van der Waals surface area contributed by atoms with E-state index in [0.717, 1.165) is 36.5 Å². The van der Waals surface area contributed by atoms with Crippen molar-refractivity contribution in [2.75, 3.05) is 0 Å². The fourth-order valence-corrected chi connectivity index (χ4v) is 3.32. The van der Waals surface area contributed by atoms with Crippen LogP contribution in [-0.4, -0.2) is 16.9 Å². The predicted molar refractivity (Wildman–Crippen MR) is 73.2 cm³/mol. The Balaban J connectivity index is 1.94. The Morgan fingerprint density at radius 2 is 2.28 bits per heavy atom. The molecule has 18 heavy (non-hydrogen) atoms. The summed E-state index contributed by atoms with van der Waals surface area (Å²) in [4.78, 5) is 15.9. The van der Waals surface area contributed by atoms with Gasteiger partial charge in [-0.15, -0.1) is 11.3 Å². The molecule has 2 atom stereocenters. The molecule has 5 heteroatoms. The van der Waals surface area contributed by atoms with Crippen LogP contribution >= 0.6 is 11.3 Å². The normalized spacial score (nSPS) is 24.7. The molecule has 4 nitrogen and oxygen atoms in total. The number of hydrogen-bond acceptors (Lipinski definition) is 4. The molecule has 0 spiro atoms. The lowest BCUT2D eigenvalue weighted by molar-refractivity contribution is -0.122. The Hall–Kier alpha value is -0.940. The lowest BCUT2D eigenvalue weighted by Crippen LogP contribution is -2.41. The lowest BCUT2D eigenvalue weighted by atomic mass is 9.94. The van der Waals surface area contributed by atoms with Gasteiger partial charge in [-0.3, -0.25) is 4.79 Å². The summed E-state index contributed by atoms with van der Waals surface area (Å²) in [6.07, 6.45) is 5.46. The first kappa shape index (κ1) is 13.5. The largest absolute Gasteiger partial charge is 0.369 e. The van der Waals surface area contributed by atoms with Crippen molar-refractivity contribution in [2.45, 2.75) is 51.6 Å². The van der Waals surface area contributed by atoms with Crippen LogP contribution in [-0.2, 0) is 11.3 Å². The summed E-state index contributed by atoms with van der Waals surface area (Å²) in [5.74, 6) is -0.182. The van der Waals surface area contributed by atoms with Gasteiger partial charge in [-0.05, 0) is 19.8 Å². The molecule has 1 saturated carbocycles. The molecule has 1 amide bonds. The molecule has 0 radical (unpaired) electrons. The minimum atomic E-state index is -0.162. The molecular formula is C13H21N3OS. The van der Waals surface area contributed by atoms with Gasteiger partial charge in [-0.25, -0.2) is 4.98 Å². The number of amides is 1. The molecule has 1 aliphatic rings. The molecular weight excluding hydrogens is 246 g/mol. The summed E-state index contributed by atoms with van der Waals surface area (Å²) in [6.45, 7) is 2.74. The second-order valence-corrected chi connectivity index (χ2v) is 5.96. The van der Waals surface area contributed by atoms with Crippen LogP contribution in [0.2, 0.25) is 0 Å². The zero-order chi connectivity index (χ0) is 13.0. The highest BCUT2D eigenvalue weighted by atomic mass is 32.1. The quantitative estimate of drug-likeness (QED) is 0.820. The molecule has 1 fully saturated rings. The number of aryl methyl sites for hydroxylation is 1. The Morgan fingerprint density at radius 3 is 2.94 bits per heavy atom. The van der Waals surface area contributed by atoms with Gasteiger partial charge >= 0.3 is 0 Å². The van der Waals surface area contributed by atoms with E-state index < -0.39 is 0 Å². The SMILES string of the molecule is Cc1csc(CN[C@H]2CCCCC[C@@H]2C(N)=O)n1. The van der Waals surface area contributed by atoms with Crippen LogP contribution in [0.3, 0.4) is 0 Å². The second-order valence-electron chi connectivity index (χ2n) is 5.02. The summed E-state index contributed by atoms with van der Waals surface area (Å²) in [7, 11) is 0. The van der Waals surface area contributed by atoms with Crippen molar-refractivity contribution in [1.29, 1.82) is 0 Å². The van der Waals surface area contributed by atoms with E-state index in [1.54, 1.807) is 11.3 Å². The molecule has 0 aliphatic heterocycles. The third-order valence-electron chi connectivity index (χ3n) is 3.56. The van der Waals surface area contributed by atoms with Gasteiger partial charge in [0.05, 0.1) is 5.92 Å². The molecule has 1 aromatic rings. The molecule has 1 aliphatic carbocycles. The van der Waals surface area contributed by atoms with Crippen LogP contribution in [0.5, 0.6) is 0 Å². The maximum Gasteiger partial charge on any atom is 0.222 e. The Labute approximate surface area is 112 Å². The summed E-state index contributed by atoms with van der Waals surface area (Å²) in [5.41, 5.74) is 6.57. The molecule has 0 aromatic carbocycles. The molecule has 100 valence electrons. The first-order valence-corrected chi connectivity index (χ1v) is 7.48. The van der Waals surface area contributed by atoms with E-state index in [1.807, 2.05) is 6.92 Å². The first-order valence-electron chi connectivity index (χ1n) is 6.60. The highest BCUT2D eigenvalue weighted by molar-refractivity contribution is 7.09. The van der Waals surface area contributed by atoms with Crippen molar-refractivity contribution in [3.05, 3.63) is 16.1 Å². The molecule has 0 bridgehead atoms. The minimum Gasteiger partial charge on any atom is -0.369 e. The van der Waals surface area contributed by atoms with Crippen LogP contribution < -0.4 is 11.1 Å². The van der Waals surface area contributed by atoms with Crippen LogP contribution in [0.25, 0.3) is 0 Å². The number of hydrogen-bond donors (Lipinski definition) is 2. The zero-order valence-electron chi connectivity index (χ0n) is 10.8. The monoisotopic (exact) mass is 267 g/mol. The topological polar surface area (TPSA) is 68.0 Å². The maximum absolute atomic E-state index is 11.5. The van der Waals surface area contributed by atoms with E-state index in [1.165, 1.54) is 12.8 Å². The number of thiazole rings is 1. The Morgan fingerprint density at radius 1 is 1.50 bits per heavy atom. The van der Waals surface area contributed by atoms with Crippen LogP contribution in [0, 0.1) is 12.8 Å². The second kappa shape index (κ2) is 6.29. The van der Waals surface area contributed by atoms with E-state index in [9.17, 15) is 4.79 Å². The zero-order valence-corrected chi connectivity index (χ0v) is 11.6. The van der Waals surface area contributed by atoms with E-state index in [2.05, 4.69) is 15.7 Å². The third kappa shape index (κ3) is 3.53. The van der Waals surface area contributed by atoms with Gasteiger partial charge in [-0.1, -0.05) is 19.3 Å². The van der Waals surface area contributed by atoms with Gasteiger partial charge in [-0.2, -0.15) is 0 Å². The van der Waals surface area contributed by atoms with Gasteiger partial charge < -0.3 is 11.1 Å². The van der Waals surface area contributed by atoms with Gasteiger partial charge in [0, 0.05) is 23.7 Å². The van der Waals surface area contributed by atoms with E-state index in [0.29, 0.717) is 0 Å². The Bertz CT molecular complexity index is 405. The lowest BCUT2D eigenvalue weighted by Gasteiger charge is -2.23. The smallest absolute Gasteiger partial charge is 0.222 e. The fraction of sp³-hybridized carbons (Fsp3) is 0.692. The Kier molecular flexibility index (Phi) is 4.72. The summed E-state index contributed by atoms with van der Waals surface area (Å²) >= 11 is 1.66. The number of carbonyl (C=O) groups is 1. The number of nitrogens with two attached hydrogens (primary N) is 1. The van der Waals surface area contributed by atoms with E-state index >= 15 is 0 Å². The highest BCUT2D eigenvalue weighted by Gasteiger charge is 2.27. The van der Waals surface area contributed by atoms with Crippen LogP contribution in [0.4, 0.5) is 0 Å². The average Bonchev–Trinajstić information content (AvgIpc) is 2.62. The molecule has 1 aromatic heterocycles. The minimum absolute atomic E-state index is 0.0199. The van der Waals surface area contributed by atoms with Crippen LogP contribution in [0.1, 0.15) is 42.8 Å². The summed E-state index contributed by atoms with van der Waals surface area (Å²) in [6, 6.07) is 0.217. The predicted octanol–water partition coefficient (Wildman–Crippen LogP) is 1.98. The van der Waals surface area contributed by atoms with Crippen molar-refractivity contribution in [1.82, 2.24) is 10.3 Å². The number of primary amides is 1. The van der Waals surface area contributed by atoms with Crippen molar-refractivity contribution in [2.24, 2.45) is 11.7 Å². The highest BCUT2D eigenvalue weighted by Crippen LogP contribution is 2.23. The number of rotatable bonds is 4.